The van der Waals surface area contributed by atoms with E-state index in [9.17, 15) is 14.4 Å². The van der Waals surface area contributed by atoms with Crippen LogP contribution in [0.5, 0.6) is 0 Å². The molecule has 31 heavy (non-hydrogen) atoms. The molecule has 1 aliphatic heterocycles. The molecule has 2 heterocycles. The predicted octanol–water partition coefficient (Wildman–Crippen LogP) is 3.29. The number of aromatic nitrogens is 1. The molecule has 1 saturated heterocycles. The summed E-state index contributed by atoms with van der Waals surface area (Å²) >= 11 is 0. The highest BCUT2D eigenvalue weighted by atomic mass is 16.2. The lowest BCUT2D eigenvalue weighted by molar-refractivity contribution is -0.125. The maximum Gasteiger partial charge on any atom is 0.247 e. The average molecular weight is 418 g/mol. The van der Waals surface area contributed by atoms with Gasteiger partial charge in [-0.1, -0.05) is 18.2 Å². The molecule has 0 spiro atoms. The third-order valence-corrected chi connectivity index (χ3v) is 5.62. The van der Waals surface area contributed by atoms with E-state index >= 15 is 0 Å². The summed E-state index contributed by atoms with van der Waals surface area (Å²) in [6.07, 6.45) is 3.68. The number of amides is 3. The van der Waals surface area contributed by atoms with Gasteiger partial charge in [-0.3, -0.25) is 14.4 Å². The van der Waals surface area contributed by atoms with Gasteiger partial charge in [0, 0.05) is 54.8 Å². The van der Waals surface area contributed by atoms with E-state index in [1.165, 1.54) is 6.92 Å². The molecule has 0 radical (unpaired) electrons. The molecule has 7 nitrogen and oxygen atoms in total. The number of carbonyl (C=O) groups excluding carboxylic acids is 3. The molecular weight excluding hydrogens is 392 g/mol. The lowest BCUT2D eigenvalue weighted by atomic mass is 10.0. The summed E-state index contributed by atoms with van der Waals surface area (Å²) in [4.78, 5) is 41.8. The van der Waals surface area contributed by atoms with Crippen molar-refractivity contribution in [3.63, 3.8) is 0 Å². The first-order valence-corrected chi connectivity index (χ1v) is 10.5. The van der Waals surface area contributed by atoms with Crippen LogP contribution in [-0.2, 0) is 20.8 Å². The minimum atomic E-state index is -0.711. The van der Waals surface area contributed by atoms with Crippen molar-refractivity contribution in [3.8, 4) is 0 Å². The van der Waals surface area contributed by atoms with Gasteiger partial charge in [-0.05, 0) is 48.7 Å². The number of para-hydroxylation sites is 1. The Kier molecular flexibility index (Phi) is 5.75. The number of aromatic amines is 1. The third-order valence-electron chi connectivity index (χ3n) is 5.62. The molecule has 0 unspecified atom stereocenters. The molecule has 0 saturated carbocycles. The number of H-pyrrole nitrogens is 1. The van der Waals surface area contributed by atoms with Gasteiger partial charge in [-0.2, -0.15) is 0 Å². The lowest BCUT2D eigenvalue weighted by Crippen LogP contribution is -2.44. The minimum Gasteiger partial charge on any atom is -0.361 e. The van der Waals surface area contributed by atoms with Crippen LogP contribution in [0.2, 0.25) is 0 Å². The van der Waals surface area contributed by atoms with Gasteiger partial charge in [-0.15, -0.1) is 0 Å². The molecule has 1 aromatic heterocycles. The maximum atomic E-state index is 13.0. The molecule has 1 fully saturated rings. The number of nitrogens with zero attached hydrogens (tertiary/aromatic N) is 1. The summed E-state index contributed by atoms with van der Waals surface area (Å²) in [5.74, 6) is -0.423. The zero-order valence-electron chi connectivity index (χ0n) is 17.7. The Hall–Kier alpha value is -3.61. The zero-order valence-corrected chi connectivity index (χ0v) is 17.7. The van der Waals surface area contributed by atoms with Crippen molar-refractivity contribution >= 4 is 40.0 Å². The molecule has 3 aromatic rings. The van der Waals surface area contributed by atoms with Gasteiger partial charge in [0.05, 0.1) is 0 Å². The van der Waals surface area contributed by atoms with Gasteiger partial charge in [0.15, 0.2) is 0 Å². The number of hydrogen-bond acceptors (Lipinski definition) is 3. The van der Waals surface area contributed by atoms with E-state index in [-0.39, 0.29) is 17.7 Å². The fourth-order valence-corrected chi connectivity index (χ4v) is 4.14. The fourth-order valence-electron chi connectivity index (χ4n) is 4.14. The van der Waals surface area contributed by atoms with Crippen LogP contribution < -0.4 is 15.5 Å². The minimum absolute atomic E-state index is 0.129. The zero-order chi connectivity index (χ0) is 22.0. The molecule has 1 atom stereocenters. The number of anilines is 2. The average Bonchev–Trinajstić information content (AvgIpc) is 3.34. The Morgan fingerprint density at radius 2 is 2.00 bits per heavy atom. The second-order valence-corrected chi connectivity index (χ2v) is 7.96. The topological polar surface area (TPSA) is 94.3 Å². The predicted molar refractivity (Wildman–Crippen MR) is 121 cm³/mol. The Balaban J connectivity index is 1.51. The summed E-state index contributed by atoms with van der Waals surface area (Å²) in [6.45, 7) is 4.05. The molecule has 160 valence electrons. The van der Waals surface area contributed by atoms with Gasteiger partial charge < -0.3 is 20.5 Å². The number of rotatable bonds is 6. The van der Waals surface area contributed by atoms with Gasteiger partial charge in [0.25, 0.3) is 0 Å². The van der Waals surface area contributed by atoms with Crippen molar-refractivity contribution in [2.45, 2.75) is 39.2 Å². The third kappa shape index (κ3) is 4.45. The highest BCUT2D eigenvalue weighted by Crippen LogP contribution is 2.27. The van der Waals surface area contributed by atoms with Gasteiger partial charge in [-0.25, -0.2) is 0 Å². The molecule has 4 rings (SSSR count). The molecule has 0 bridgehead atoms. The highest BCUT2D eigenvalue weighted by Gasteiger charge is 2.24. The number of nitrogens with one attached hydrogen (secondary N) is 3. The summed E-state index contributed by atoms with van der Waals surface area (Å²) in [7, 11) is 0. The molecule has 2 aromatic carbocycles. The van der Waals surface area contributed by atoms with Gasteiger partial charge in [0.1, 0.15) is 6.04 Å². The summed E-state index contributed by atoms with van der Waals surface area (Å²) in [6, 6.07) is 12.7. The monoisotopic (exact) mass is 418 g/mol. The van der Waals surface area contributed by atoms with Crippen LogP contribution in [0.25, 0.3) is 10.9 Å². The van der Waals surface area contributed by atoms with Crippen molar-refractivity contribution in [2.75, 3.05) is 16.8 Å². The Labute approximate surface area is 180 Å². The van der Waals surface area contributed by atoms with Crippen molar-refractivity contribution in [2.24, 2.45) is 0 Å². The Morgan fingerprint density at radius 1 is 1.19 bits per heavy atom. The number of aryl methyl sites for hydroxylation is 1. The number of carbonyl (C=O) groups is 3. The van der Waals surface area contributed by atoms with Crippen LogP contribution in [0.1, 0.15) is 30.9 Å². The van der Waals surface area contributed by atoms with Crippen molar-refractivity contribution < 1.29 is 14.4 Å². The molecule has 0 aliphatic carbocycles. The first kappa shape index (κ1) is 20.7. The van der Waals surface area contributed by atoms with E-state index in [1.807, 2.05) is 49.5 Å². The molecule has 7 heteroatoms. The SMILES string of the molecule is CC(=O)N[C@H](Cc1c[nH]c2ccccc12)C(=O)Nc1ccc(N2CCCC2=O)c(C)c1. The van der Waals surface area contributed by atoms with Crippen LogP contribution >= 0.6 is 0 Å². The highest BCUT2D eigenvalue weighted by molar-refractivity contribution is 5.99. The smallest absolute Gasteiger partial charge is 0.247 e. The van der Waals surface area contributed by atoms with Crippen LogP contribution in [0, 0.1) is 6.92 Å². The molecular formula is C24H26N4O3. The van der Waals surface area contributed by atoms with Crippen LogP contribution in [0.15, 0.2) is 48.7 Å². The standard InChI is InChI=1S/C24H26N4O3/c1-15-12-18(9-10-22(15)28-11-5-8-23(28)30)27-24(31)21(26-16(2)29)13-17-14-25-20-7-4-3-6-19(17)20/h3-4,6-7,9-10,12,14,21,25H,5,8,11,13H2,1-2H3,(H,26,29)(H,27,31)/t21-/m1/s1. The van der Waals surface area contributed by atoms with Gasteiger partial charge >= 0.3 is 0 Å². The van der Waals surface area contributed by atoms with Gasteiger partial charge in [0.2, 0.25) is 17.7 Å². The second-order valence-electron chi connectivity index (χ2n) is 7.96. The van der Waals surface area contributed by atoms with Crippen molar-refractivity contribution in [3.05, 3.63) is 59.8 Å². The number of hydrogen-bond donors (Lipinski definition) is 3. The quantitative estimate of drug-likeness (QED) is 0.573. The normalized spacial score (nSPS) is 14.6. The second kappa shape index (κ2) is 8.63. The summed E-state index contributed by atoms with van der Waals surface area (Å²) in [5, 5.41) is 6.70. The van der Waals surface area contributed by atoms with E-state index in [2.05, 4.69) is 15.6 Å². The summed E-state index contributed by atoms with van der Waals surface area (Å²) in [5.41, 5.74) is 4.37. The molecule has 3 amide bonds. The Bertz CT molecular complexity index is 1150. The first-order valence-electron chi connectivity index (χ1n) is 10.5. The molecule has 3 N–H and O–H groups in total. The van der Waals surface area contributed by atoms with E-state index in [0.29, 0.717) is 18.5 Å². The fraction of sp³-hybridized carbons (Fsp3) is 0.292. The summed E-state index contributed by atoms with van der Waals surface area (Å²) < 4.78 is 0. The first-order chi connectivity index (χ1) is 14.9. The van der Waals surface area contributed by atoms with Crippen LogP contribution in [0.3, 0.4) is 0 Å². The maximum absolute atomic E-state index is 13.0. The van der Waals surface area contributed by atoms with Crippen molar-refractivity contribution in [1.29, 1.82) is 0 Å². The van der Waals surface area contributed by atoms with E-state index in [0.717, 1.165) is 40.7 Å². The van der Waals surface area contributed by atoms with E-state index in [4.69, 9.17) is 0 Å². The van der Waals surface area contributed by atoms with E-state index in [1.54, 1.807) is 11.0 Å². The largest absolute Gasteiger partial charge is 0.361 e. The molecule has 1 aliphatic rings. The van der Waals surface area contributed by atoms with Crippen molar-refractivity contribution in [1.82, 2.24) is 10.3 Å². The Morgan fingerprint density at radius 3 is 2.71 bits per heavy atom. The van der Waals surface area contributed by atoms with E-state index < -0.39 is 6.04 Å². The lowest BCUT2D eigenvalue weighted by Gasteiger charge is -2.20. The van der Waals surface area contributed by atoms with Crippen LogP contribution in [0.4, 0.5) is 11.4 Å². The number of benzene rings is 2. The van der Waals surface area contributed by atoms with Crippen LogP contribution in [-0.4, -0.2) is 35.3 Å². The number of fused-ring (bicyclic) bond motifs is 1.